The summed E-state index contributed by atoms with van der Waals surface area (Å²) in [4.78, 5) is 61.6. The number of imidazole rings is 1. The summed E-state index contributed by atoms with van der Waals surface area (Å²) in [5.74, 6) is 0.733. The maximum Gasteiger partial charge on any atom is 0.332 e. The van der Waals surface area contributed by atoms with Crippen molar-refractivity contribution < 1.29 is 9.18 Å². The molecule has 4 aromatic rings. The van der Waals surface area contributed by atoms with Crippen molar-refractivity contribution in [2.75, 3.05) is 23.3 Å². The first-order chi connectivity index (χ1) is 18.1. The summed E-state index contributed by atoms with van der Waals surface area (Å²) >= 11 is 0. The number of halogens is 1. The molecular formula is C24H25FN10O3. The molecule has 1 saturated carbocycles. The standard InChI is InChI=1S/C24H25FN10O3/c1-12(35-11-29-19-17(35)21(37)33(4)23(38)32(19)3)20(36)31-16-5-6-26-18(30-16)13-7-27-22(28-8-13)34-9-14-15(10-34)24(14,2)25/h5-8,11-12,14-15H,9-10H2,1-4H3,(H,26,30,31,36). The number of hydrogen-bond acceptors (Lipinski definition) is 9. The van der Waals surface area contributed by atoms with Gasteiger partial charge in [-0.05, 0) is 19.9 Å². The van der Waals surface area contributed by atoms with Crippen LogP contribution in [0.4, 0.5) is 16.2 Å². The average Bonchev–Trinajstić information content (AvgIpc) is 3.34. The molecule has 0 spiro atoms. The van der Waals surface area contributed by atoms with Crippen molar-refractivity contribution in [1.82, 2.24) is 38.6 Å². The molecule has 2 aliphatic rings. The van der Waals surface area contributed by atoms with E-state index in [0.717, 1.165) is 4.57 Å². The van der Waals surface area contributed by atoms with Gasteiger partial charge in [0, 0.05) is 57.6 Å². The Balaban J connectivity index is 1.19. The van der Waals surface area contributed by atoms with Crippen molar-refractivity contribution in [1.29, 1.82) is 0 Å². The molecule has 5 heterocycles. The molecule has 1 amide bonds. The number of fused-ring (bicyclic) bond motifs is 2. The molecule has 1 saturated heterocycles. The summed E-state index contributed by atoms with van der Waals surface area (Å²) in [6, 6.07) is 0.715. The SMILES string of the molecule is CC(C(=O)Nc1ccnc(-c2cnc(N3CC4C(C3)C4(C)F)nc2)n1)n1cnc2c1c(=O)n(C)c(=O)n2C. The first kappa shape index (κ1) is 23.9. The van der Waals surface area contributed by atoms with Gasteiger partial charge in [0.05, 0.1) is 11.9 Å². The molecule has 4 aromatic heterocycles. The minimum atomic E-state index is -1.08. The van der Waals surface area contributed by atoms with Gasteiger partial charge in [-0.25, -0.2) is 34.1 Å². The van der Waals surface area contributed by atoms with Crippen molar-refractivity contribution >= 4 is 28.8 Å². The summed E-state index contributed by atoms with van der Waals surface area (Å²) in [5, 5.41) is 2.74. The number of carbonyl (C=O) groups excluding carboxylic acids is 1. The van der Waals surface area contributed by atoms with Crippen LogP contribution in [0.1, 0.15) is 19.9 Å². The summed E-state index contributed by atoms with van der Waals surface area (Å²) in [5.41, 5.74) is -1.24. The number of hydrogen-bond donors (Lipinski definition) is 1. The van der Waals surface area contributed by atoms with E-state index in [9.17, 15) is 18.8 Å². The van der Waals surface area contributed by atoms with Gasteiger partial charge in [-0.3, -0.25) is 18.7 Å². The van der Waals surface area contributed by atoms with Gasteiger partial charge in [0.2, 0.25) is 11.9 Å². The van der Waals surface area contributed by atoms with Crippen molar-refractivity contribution in [3.05, 3.63) is 51.8 Å². The van der Waals surface area contributed by atoms with Crippen LogP contribution >= 0.6 is 0 Å². The lowest BCUT2D eigenvalue weighted by Gasteiger charge is -2.20. The number of nitrogens with zero attached hydrogens (tertiary/aromatic N) is 9. The molecule has 1 aliphatic heterocycles. The highest BCUT2D eigenvalue weighted by atomic mass is 19.1. The molecule has 3 atom stereocenters. The molecule has 3 unspecified atom stereocenters. The largest absolute Gasteiger partial charge is 0.340 e. The molecule has 0 bridgehead atoms. The van der Waals surface area contributed by atoms with E-state index in [1.165, 1.54) is 35.8 Å². The lowest BCUT2D eigenvalue weighted by atomic mass is 10.2. The van der Waals surface area contributed by atoms with Crippen LogP contribution in [0.3, 0.4) is 0 Å². The van der Waals surface area contributed by atoms with E-state index in [1.54, 1.807) is 32.3 Å². The predicted octanol–water partition coefficient (Wildman–Crippen LogP) is 0.675. The Kier molecular flexibility index (Phi) is 5.19. The van der Waals surface area contributed by atoms with E-state index < -0.39 is 28.9 Å². The van der Waals surface area contributed by atoms with E-state index in [1.807, 2.05) is 4.90 Å². The minimum absolute atomic E-state index is 0.0343. The number of piperidine rings is 1. The van der Waals surface area contributed by atoms with Crippen molar-refractivity contribution in [2.24, 2.45) is 25.9 Å². The molecular weight excluding hydrogens is 495 g/mol. The van der Waals surface area contributed by atoms with Gasteiger partial charge in [-0.15, -0.1) is 0 Å². The van der Waals surface area contributed by atoms with Crippen molar-refractivity contribution in [3.8, 4) is 11.4 Å². The number of amides is 1. The average molecular weight is 521 g/mol. The Labute approximate surface area is 215 Å². The van der Waals surface area contributed by atoms with Gasteiger partial charge in [-0.1, -0.05) is 0 Å². The molecule has 38 heavy (non-hydrogen) atoms. The highest BCUT2D eigenvalue weighted by Crippen LogP contribution is 2.58. The summed E-state index contributed by atoms with van der Waals surface area (Å²) in [6.45, 7) is 4.46. The van der Waals surface area contributed by atoms with Gasteiger partial charge in [0.15, 0.2) is 17.0 Å². The molecule has 2 fully saturated rings. The zero-order chi connectivity index (χ0) is 26.9. The Bertz CT molecular complexity index is 1690. The second-order valence-corrected chi connectivity index (χ2v) is 10.0. The van der Waals surface area contributed by atoms with Crippen LogP contribution in [0.15, 0.2) is 40.6 Å². The second kappa shape index (κ2) is 8.26. The van der Waals surface area contributed by atoms with E-state index in [0.29, 0.717) is 30.4 Å². The molecule has 0 aromatic carbocycles. The normalized spacial score (nSPS) is 22.9. The molecule has 0 radical (unpaired) electrons. The Morgan fingerprint density at radius 2 is 1.79 bits per heavy atom. The Morgan fingerprint density at radius 3 is 2.47 bits per heavy atom. The van der Waals surface area contributed by atoms with E-state index in [4.69, 9.17) is 0 Å². The van der Waals surface area contributed by atoms with Crippen LogP contribution in [-0.2, 0) is 18.9 Å². The quantitative estimate of drug-likeness (QED) is 0.401. The predicted molar refractivity (Wildman–Crippen MR) is 135 cm³/mol. The van der Waals surface area contributed by atoms with E-state index >= 15 is 0 Å². The van der Waals surface area contributed by atoms with Gasteiger partial charge < -0.3 is 14.8 Å². The topological polar surface area (TPSA) is 146 Å². The van der Waals surface area contributed by atoms with Crippen LogP contribution in [0.5, 0.6) is 0 Å². The molecule has 6 rings (SSSR count). The fraction of sp³-hybridized carbons (Fsp3) is 0.417. The lowest BCUT2D eigenvalue weighted by molar-refractivity contribution is -0.118. The first-order valence-corrected chi connectivity index (χ1v) is 12.1. The van der Waals surface area contributed by atoms with Gasteiger partial charge >= 0.3 is 5.69 Å². The Hall–Kier alpha value is -4.49. The number of nitrogens with one attached hydrogen (secondary N) is 1. The fourth-order valence-electron chi connectivity index (χ4n) is 5.17. The maximum absolute atomic E-state index is 14.1. The molecule has 1 aliphatic carbocycles. The molecule has 13 nitrogen and oxygen atoms in total. The summed E-state index contributed by atoms with van der Waals surface area (Å²) in [6.07, 6.45) is 6.06. The van der Waals surface area contributed by atoms with Crippen molar-refractivity contribution in [3.63, 3.8) is 0 Å². The molecule has 14 heteroatoms. The highest BCUT2D eigenvalue weighted by Gasteiger charge is 2.67. The fourth-order valence-corrected chi connectivity index (χ4v) is 5.17. The molecule has 196 valence electrons. The van der Waals surface area contributed by atoms with Gasteiger partial charge in [0.25, 0.3) is 5.56 Å². The van der Waals surface area contributed by atoms with Crippen LogP contribution in [0.2, 0.25) is 0 Å². The summed E-state index contributed by atoms with van der Waals surface area (Å²) < 4.78 is 17.8. The van der Waals surface area contributed by atoms with Crippen LogP contribution < -0.4 is 21.5 Å². The van der Waals surface area contributed by atoms with Crippen LogP contribution in [0.25, 0.3) is 22.6 Å². The lowest BCUT2D eigenvalue weighted by Crippen LogP contribution is -2.38. The molecule has 1 N–H and O–H groups in total. The van der Waals surface area contributed by atoms with Crippen LogP contribution in [0, 0.1) is 11.8 Å². The number of aryl methyl sites for hydroxylation is 1. The van der Waals surface area contributed by atoms with E-state index in [2.05, 4.69) is 30.2 Å². The van der Waals surface area contributed by atoms with Gasteiger partial charge in [0.1, 0.15) is 17.5 Å². The zero-order valence-electron chi connectivity index (χ0n) is 21.2. The number of aromatic nitrogens is 8. The third-order valence-electron chi connectivity index (χ3n) is 7.72. The third-order valence-corrected chi connectivity index (χ3v) is 7.72. The second-order valence-electron chi connectivity index (χ2n) is 10.0. The van der Waals surface area contributed by atoms with Crippen molar-refractivity contribution in [2.45, 2.75) is 25.6 Å². The maximum atomic E-state index is 14.1. The number of carbonyl (C=O) groups is 1. The Morgan fingerprint density at radius 1 is 1.11 bits per heavy atom. The highest BCUT2D eigenvalue weighted by molar-refractivity contribution is 5.93. The number of rotatable bonds is 5. The van der Waals surface area contributed by atoms with Crippen LogP contribution in [-0.4, -0.2) is 63.3 Å². The minimum Gasteiger partial charge on any atom is -0.340 e. The smallest absolute Gasteiger partial charge is 0.332 e. The van der Waals surface area contributed by atoms with Gasteiger partial charge in [-0.2, -0.15) is 0 Å². The summed E-state index contributed by atoms with van der Waals surface area (Å²) in [7, 11) is 2.88. The number of anilines is 2. The van der Waals surface area contributed by atoms with E-state index in [-0.39, 0.29) is 28.8 Å². The third kappa shape index (κ3) is 3.58. The zero-order valence-corrected chi connectivity index (χ0v) is 21.2. The first-order valence-electron chi connectivity index (χ1n) is 12.1. The monoisotopic (exact) mass is 520 g/mol. The number of alkyl halides is 1.